The van der Waals surface area contributed by atoms with E-state index >= 15 is 0 Å². The number of nitriles is 1. The molecule has 0 N–H and O–H groups in total. The third kappa shape index (κ3) is 4.58. The second kappa shape index (κ2) is 9.75. The summed E-state index contributed by atoms with van der Waals surface area (Å²) in [5.74, 6) is -1.22. The third-order valence-corrected chi connectivity index (χ3v) is 7.17. The van der Waals surface area contributed by atoms with Gasteiger partial charge in [-0.1, -0.05) is 30.3 Å². The van der Waals surface area contributed by atoms with Crippen LogP contribution in [0, 0.1) is 23.0 Å². The predicted molar refractivity (Wildman–Crippen MR) is 139 cm³/mol. The highest BCUT2D eigenvalue weighted by molar-refractivity contribution is 5.89. The van der Waals surface area contributed by atoms with Crippen molar-refractivity contribution in [1.82, 2.24) is 14.5 Å². The van der Waals surface area contributed by atoms with Crippen LogP contribution in [0.2, 0.25) is 0 Å². The Kier molecular flexibility index (Phi) is 6.48. The van der Waals surface area contributed by atoms with Gasteiger partial charge < -0.3 is 9.47 Å². The Labute approximate surface area is 214 Å². The molecule has 2 aromatic heterocycles. The molecule has 8 heteroatoms. The van der Waals surface area contributed by atoms with E-state index in [0.29, 0.717) is 35.4 Å². The third-order valence-electron chi connectivity index (χ3n) is 7.17. The summed E-state index contributed by atoms with van der Waals surface area (Å²) in [6.45, 7) is 5.27. The summed E-state index contributed by atoms with van der Waals surface area (Å²) in [4.78, 5) is 21.7. The topological polar surface area (TPSA) is 65.2 Å². The van der Waals surface area contributed by atoms with E-state index in [2.05, 4.69) is 34.7 Å². The van der Waals surface area contributed by atoms with E-state index in [1.165, 1.54) is 16.7 Å². The Hall–Kier alpha value is -4.09. The quantitative estimate of drug-likeness (QED) is 0.405. The van der Waals surface area contributed by atoms with Crippen LogP contribution in [0.25, 0.3) is 11.0 Å². The molecule has 1 aliphatic rings. The van der Waals surface area contributed by atoms with Gasteiger partial charge in [0, 0.05) is 44.4 Å². The normalized spacial score (nSPS) is 19.1. The second-order valence-corrected chi connectivity index (χ2v) is 9.67. The van der Waals surface area contributed by atoms with Crippen LogP contribution < -0.4 is 10.5 Å². The largest absolute Gasteiger partial charge is 0.364 e. The zero-order valence-electron chi connectivity index (χ0n) is 20.9. The van der Waals surface area contributed by atoms with E-state index in [0.717, 1.165) is 11.6 Å². The average Bonchev–Trinajstić information content (AvgIpc) is 2.88. The molecule has 3 atom stereocenters. The van der Waals surface area contributed by atoms with Crippen LogP contribution in [-0.4, -0.2) is 39.6 Å². The molecule has 3 heterocycles. The van der Waals surface area contributed by atoms with Gasteiger partial charge in [-0.3, -0.25) is 9.69 Å². The summed E-state index contributed by atoms with van der Waals surface area (Å²) in [6.07, 6.45) is 0. The Morgan fingerprint density at radius 2 is 1.65 bits per heavy atom. The number of fused-ring (bicyclic) bond motifs is 1. The van der Waals surface area contributed by atoms with Crippen LogP contribution in [0.1, 0.15) is 36.7 Å². The highest BCUT2D eigenvalue weighted by Gasteiger charge is 2.36. The van der Waals surface area contributed by atoms with Crippen LogP contribution in [-0.2, 0) is 7.05 Å². The Morgan fingerprint density at radius 1 is 0.946 bits per heavy atom. The molecule has 0 saturated carbocycles. The fourth-order valence-electron chi connectivity index (χ4n) is 5.39. The maximum atomic E-state index is 14.3. The lowest BCUT2D eigenvalue weighted by atomic mass is 9.93. The molecule has 188 valence electrons. The number of aryl methyl sites for hydroxylation is 1. The van der Waals surface area contributed by atoms with Crippen molar-refractivity contribution < 1.29 is 8.78 Å². The van der Waals surface area contributed by atoms with E-state index in [1.54, 1.807) is 25.2 Å². The lowest BCUT2D eigenvalue weighted by Gasteiger charge is -2.48. The number of hydrogen-bond donors (Lipinski definition) is 0. The smallest absolute Gasteiger partial charge is 0.252 e. The van der Waals surface area contributed by atoms with Gasteiger partial charge in [-0.05, 0) is 49.2 Å². The minimum atomic E-state index is -0.610. The molecule has 0 amide bonds. The summed E-state index contributed by atoms with van der Waals surface area (Å²) in [7, 11) is 1.69. The minimum absolute atomic E-state index is 0.0361. The number of pyridine rings is 2. The molecule has 2 aromatic carbocycles. The molecule has 1 saturated heterocycles. The van der Waals surface area contributed by atoms with Crippen LogP contribution in [0.3, 0.4) is 0 Å². The van der Waals surface area contributed by atoms with Crippen LogP contribution >= 0.6 is 0 Å². The fraction of sp³-hybridized carbons (Fsp3) is 0.276. The number of rotatable bonds is 4. The number of piperazine rings is 1. The highest BCUT2D eigenvalue weighted by atomic mass is 19.1. The van der Waals surface area contributed by atoms with Crippen molar-refractivity contribution in [1.29, 1.82) is 5.26 Å². The summed E-state index contributed by atoms with van der Waals surface area (Å²) >= 11 is 0. The molecule has 6 nitrogen and oxygen atoms in total. The van der Waals surface area contributed by atoms with Gasteiger partial charge in [-0.15, -0.1) is 0 Å². The lowest BCUT2D eigenvalue weighted by molar-refractivity contribution is 0.129. The van der Waals surface area contributed by atoms with Crippen LogP contribution in [0.4, 0.5) is 14.5 Å². The average molecular weight is 500 g/mol. The molecular formula is C29H27F2N5O. The molecule has 37 heavy (non-hydrogen) atoms. The van der Waals surface area contributed by atoms with Gasteiger partial charge in [0.15, 0.2) is 0 Å². The molecule has 1 aliphatic heterocycles. The Bertz CT molecular complexity index is 1540. The number of hydrogen-bond acceptors (Lipinski definition) is 5. The molecule has 0 aliphatic carbocycles. The zero-order valence-corrected chi connectivity index (χ0v) is 20.9. The molecular weight excluding hydrogens is 472 g/mol. The van der Waals surface area contributed by atoms with Gasteiger partial charge in [0.2, 0.25) is 0 Å². The second-order valence-electron chi connectivity index (χ2n) is 9.67. The van der Waals surface area contributed by atoms with Gasteiger partial charge >= 0.3 is 0 Å². The first-order valence-electron chi connectivity index (χ1n) is 12.2. The van der Waals surface area contributed by atoms with Gasteiger partial charge in [-0.2, -0.15) is 5.26 Å². The molecule has 1 unspecified atom stereocenters. The number of benzene rings is 2. The molecule has 1 fully saturated rings. The fourth-order valence-corrected chi connectivity index (χ4v) is 5.39. The summed E-state index contributed by atoms with van der Waals surface area (Å²) in [5, 5.41) is 9.41. The Balaban J connectivity index is 1.57. The summed E-state index contributed by atoms with van der Waals surface area (Å²) in [5.41, 5.74) is 3.55. The van der Waals surface area contributed by atoms with Gasteiger partial charge in [-0.25, -0.2) is 13.8 Å². The van der Waals surface area contributed by atoms with Gasteiger partial charge in [0.1, 0.15) is 28.9 Å². The van der Waals surface area contributed by atoms with Gasteiger partial charge in [0.05, 0.1) is 17.2 Å². The summed E-state index contributed by atoms with van der Waals surface area (Å²) < 4.78 is 30.1. The van der Waals surface area contributed by atoms with Crippen molar-refractivity contribution in [3.8, 4) is 6.07 Å². The first-order valence-corrected chi connectivity index (χ1v) is 12.2. The Morgan fingerprint density at radius 3 is 2.32 bits per heavy atom. The van der Waals surface area contributed by atoms with Gasteiger partial charge in [0.25, 0.3) is 5.56 Å². The zero-order chi connectivity index (χ0) is 26.3. The van der Waals surface area contributed by atoms with E-state index in [-0.39, 0.29) is 29.4 Å². The van der Waals surface area contributed by atoms with Crippen molar-refractivity contribution in [2.24, 2.45) is 7.05 Å². The van der Waals surface area contributed by atoms with Crippen LogP contribution in [0.5, 0.6) is 0 Å². The van der Waals surface area contributed by atoms with Crippen molar-refractivity contribution >= 4 is 16.7 Å². The van der Waals surface area contributed by atoms with Crippen molar-refractivity contribution in [3.05, 3.63) is 106 Å². The maximum absolute atomic E-state index is 14.3. The van der Waals surface area contributed by atoms with Crippen LogP contribution in [0.15, 0.2) is 71.5 Å². The first-order chi connectivity index (χ1) is 17.8. The lowest BCUT2D eigenvalue weighted by Crippen LogP contribution is -2.57. The van der Waals surface area contributed by atoms with Crippen molar-refractivity contribution in [2.45, 2.75) is 32.0 Å². The van der Waals surface area contributed by atoms with Crippen molar-refractivity contribution in [2.75, 3.05) is 18.0 Å². The highest BCUT2D eigenvalue weighted by Crippen LogP contribution is 2.36. The SMILES string of the molecule is C[C@@H]1CN(c2cc(=O)n(C)c3ccc(C#N)nc23)[C@@H](C)CN1C(c1ccccc1)c1cc(F)cc(F)c1. The standard InChI is InChI=1S/C29H27F2N5O/c1-18-17-36(29(20-7-5-4-6-8-20)21-11-22(30)13-23(31)12-21)19(2)16-35(18)26-14-27(37)34(3)25-10-9-24(15-32)33-28(25)26/h4-14,18-19,29H,16-17H2,1-3H3/t18-,19+,29?/m0/s1. The summed E-state index contributed by atoms with van der Waals surface area (Å²) in [6, 6.07) is 20.0. The molecule has 4 aromatic rings. The number of nitrogens with zero attached hydrogens (tertiary/aromatic N) is 5. The molecule has 5 rings (SSSR count). The van der Waals surface area contributed by atoms with E-state index < -0.39 is 11.6 Å². The van der Waals surface area contributed by atoms with E-state index in [9.17, 15) is 18.8 Å². The molecule has 0 spiro atoms. The number of aromatic nitrogens is 2. The van der Waals surface area contributed by atoms with E-state index in [4.69, 9.17) is 0 Å². The minimum Gasteiger partial charge on any atom is -0.364 e. The van der Waals surface area contributed by atoms with E-state index in [1.807, 2.05) is 30.3 Å². The van der Waals surface area contributed by atoms with Crippen molar-refractivity contribution in [3.63, 3.8) is 0 Å². The maximum Gasteiger partial charge on any atom is 0.252 e. The monoisotopic (exact) mass is 499 g/mol. The number of halogens is 2. The molecule has 0 bridgehead atoms. The molecule has 0 radical (unpaired) electrons. The first kappa shape index (κ1) is 24.6. The predicted octanol–water partition coefficient (Wildman–Crippen LogP) is 4.77. The number of anilines is 1.